The first kappa shape index (κ1) is 27.2. The van der Waals surface area contributed by atoms with Crippen LogP contribution in [0.2, 0.25) is 0 Å². The number of benzene rings is 3. The van der Waals surface area contributed by atoms with E-state index < -0.39 is 27.8 Å². The zero-order valence-corrected chi connectivity index (χ0v) is 22.4. The molecular weight excluding hydrogens is 504 g/mol. The van der Waals surface area contributed by atoms with Crippen molar-refractivity contribution in [2.24, 2.45) is 4.99 Å². The third-order valence-corrected chi connectivity index (χ3v) is 8.36. The number of carbonyl (C=O) groups excluding carboxylic acids is 2. The van der Waals surface area contributed by atoms with Crippen molar-refractivity contribution >= 4 is 27.4 Å². The number of methoxy groups -OCH3 is 2. The van der Waals surface area contributed by atoms with Gasteiger partial charge < -0.3 is 9.47 Å². The Morgan fingerprint density at radius 2 is 1.55 bits per heavy atom. The van der Waals surface area contributed by atoms with Gasteiger partial charge in [0, 0.05) is 23.2 Å². The number of aliphatic imine (C=N–C) groups is 1. The molecule has 1 amide bonds. The average Bonchev–Trinajstić information content (AvgIpc) is 2.95. The number of unbranched alkanes of at least 4 members (excludes halogenated alkanes) is 2. The smallest absolute Gasteiger partial charge is 0.277 e. The summed E-state index contributed by atoms with van der Waals surface area (Å²) in [4.78, 5) is 31.8. The Labute approximate surface area is 223 Å². The van der Waals surface area contributed by atoms with E-state index in [2.05, 4.69) is 4.99 Å². The van der Waals surface area contributed by atoms with E-state index in [9.17, 15) is 18.0 Å². The van der Waals surface area contributed by atoms with Crippen molar-refractivity contribution < 1.29 is 27.5 Å². The Morgan fingerprint density at radius 1 is 0.868 bits per heavy atom. The molecule has 9 heteroatoms. The van der Waals surface area contributed by atoms with E-state index in [0.29, 0.717) is 23.5 Å². The Balaban J connectivity index is 1.91. The van der Waals surface area contributed by atoms with E-state index in [4.69, 9.17) is 9.47 Å². The van der Waals surface area contributed by atoms with Crippen LogP contribution in [0, 0.1) is 0 Å². The van der Waals surface area contributed by atoms with E-state index in [-0.39, 0.29) is 28.3 Å². The van der Waals surface area contributed by atoms with Gasteiger partial charge in [-0.3, -0.25) is 9.59 Å². The summed E-state index contributed by atoms with van der Waals surface area (Å²) in [5.74, 6) is -0.276. The number of carbonyl (C=O) groups is 2. The Bertz CT molecular complexity index is 1470. The van der Waals surface area contributed by atoms with Crippen molar-refractivity contribution in [3.8, 4) is 11.5 Å². The zero-order valence-electron chi connectivity index (χ0n) is 21.6. The lowest BCUT2D eigenvalue weighted by Crippen LogP contribution is -2.54. The van der Waals surface area contributed by atoms with Gasteiger partial charge in [0.25, 0.3) is 5.91 Å². The molecule has 0 saturated heterocycles. The maximum atomic E-state index is 13.9. The highest BCUT2D eigenvalue weighted by molar-refractivity contribution is 7.89. The van der Waals surface area contributed by atoms with Crippen LogP contribution in [0.4, 0.5) is 0 Å². The fourth-order valence-corrected chi connectivity index (χ4v) is 6.29. The predicted octanol–water partition coefficient (Wildman–Crippen LogP) is 4.78. The standard InChI is InChI=1S/C29H30N2O6S/c1-4-5-11-18-31-27(28(32)20-12-7-6-8-13-20)26(22-14-9-10-15-25(22)38(31,34)35)30-29(33)21-16-17-23(36-2)24(19-21)37-3/h6-10,12-17,19,27H,4-5,11,18H2,1-3H3. The minimum absolute atomic E-state index is 0.0208. The van der Waals surface area contributed by atoms with Gasteiger partial charge in [0.15, 0.2) is 17.3 Å². The molecule has 1 aliphatic heterocycles. The number of hydrogen-bond acceptors (Lipinski definition) is 6. The van der Waals surface area contributed by atoms with E-state index in [1.807, 2.05) is 6.92 Å². The monoisotopic (exact) mass is 534 g/mol. The van der Waals surface area contributed by atoms with Crippen LogP contribution in [0.15, 0.2) is 82.7 Å². The average molecular weight is 535 g/mol. The quantitative estimate of drug-likeness (QED) is 0.289. The van der Waals surface area contributed by atoms with Gasteiger partial charge in [0.05, 0.1) is 24.8 Å². The second-order valence-corrected chi connectivity index (χ2v) is 10.7. The van der Waals surface area contributed by atoms with Gasteiger partial charge in [-0.15, -0.1) is 0 Å². The van der Waals surface area contributed by atoms with Crippen LogP contribution in [-0.2, 0) is 10.0 Å². The number of fused-ring (bicyclic) bond motifs is 1. The van der Waals surface area contributed by atoms with Crippen molar-refractivity contribution in [1.29, 1.82) is 0 Å². The van der Waals surface area contributed by atoms with Crippen LogP contribution < -0.4 is 9.47 Å². The number of ketones is 1. The van der Waals surface area contributed by atoms with Crippen LogP contribution in [0.1, 0.15) is 52.5 Å². The summed E-state index contributed by atoms with van der Waals surface area (Å²) in [5.41, 5.74) is 0.881. The predicted molar refractivity (Wildman–Crippen MR) is 145 cm³/mol. The number of hydrogen-bond donors (Lipinski definition) is 0. The van der Waals surface area contributed by atoms with Crippen molar-refractivity contribution in [2.75, 3.05) is 20.8 Å². The first-order valence-corrected chi connectivity index (χ1v) is 13.8. The highest BCUT2D eigenvalue weighted by atomic mass is 32.2. The fraction of sp³-hybridized carbons (Fsp3) is 0.276. The molecule has 0 aromatic heterocycles. The van der Waals surface area contributed by atoms with Gasteiger partial charge in [-0.25, -0.2) is 13.4 Å². The van der Waals surface area contributed by atoms with Gasteiger partial charge >= 0.3 is 0 Å². The van der Waals surface area contributed by atoms with Crippen LogP contribution in [0.3, 0.4) is 0 Å². The molecule has 1 unspecified atom stereocenters. The van der Waals surface area contributed by atoms with Gasteiger partial charge in [0.1, 0.15) is 6.04 Å². The number of nitrogens with zero attached hydrogens (tertiary/aromatic N) is 2. The van der Waals surface area contributed by atoms with E-state index >= 15 is 0 Å². The normalized spacial score (nSPS) is 17.6. The van der Waals surface area contributed by atoms with Crippen LogP contribution in [0.25, 0.3) is 0 Å². The summed E-state index contributed by atoms with van der Waals surface area (Å²) in [6, 6.07) is 18.2. The maximum Gasteiger partial charge on any atom is 0.277 e. The first-order valence-electron chi connectivity index (χ1n) is 12.4. The molecule has 1 aliphatic rings. The summed E-state index contributed by atoms with van der Waals surface area (Å²) in [6.07, 6.45) is 2.23. The van der Waals surface area contributed by atoms with Crippen molar-refractivity contribution in [3.05, 3.63) is 89.5 Å². The Hall–Kier alpha value is -3.82. The van der Waals surface area contributed by atoms with Crippen molar-refractivity contribution in [3.63, 3.8) is 0 Å². The van der Waals surface area contributed by atoms with E-state index in [1.54, 1.807) is 60.7 Å². The molecule has 1 atom stereocenters. The SMILES string of the molecule is CCCCCN1C(C(=O)c2ccccc2)C(=NC(=O)c2ccc(OC)c(OC)c2)c2ccccc2S1(=O)=O. The van der Waals surface area contributed by atoms with Gasteiger partial charge in [-0.05, 0) is 30.7 Å². The summed E-state index contributed by atoms with van der Waals surface area (Å²) >= 11 is 0. The molecule has 8 nitrogen and oxygen atoms in total. The molecule has 3 aromatic rings. The van der Waals surface area contributed by atoms with Gasteiger partial charge in [-0.1, -0.05) is 68.3 Å². The largest absolute Gasteiger partial charge is 0.493 e. The molecule has 4 rings (SSSR count). The highest BCUT2D eigenvalue weighted by Gasteiger charge is 2.46. The van der Waals surface area contributed by atoms with Gasteiger partial charge in [-0.2, -0.15) is 4.31 Å². The molecular formula is C29H30N2O6S. The molecule has 38 heavy (non-hydrogen) atoms. The third-order valence-electron chi connectivity index (χ3n) is 6.44. The number of Topliss-reactive ketones (excluding diaryl/α,β-unsaturated/α-hetero) is 1. The molecule has 0 fully saturated rings. The highest BCUT2D eigenvalue weighted by Crippen LogP contribution is 2.33. The topological polar surface area (TPSA) is 102 Å². The van der Waals surface area contributed by atoms with Crippen LogP contribution in [0.5, 0.6) is 11.5 Å². The van der Waals surface area contributed by atoms with E-state index in [0.717, 1.165) is 12.8 Å². The Morgan fingerprint density at radius 3 is 2.24 bits per heavy atom. The molecule has 198 valence electrons. The molecule has 0 N–H and O–H groups in total. The molecule has 3 aromatic carbocycles. The Kier molecular flexibility index (Phi) is 8.38. The minimum atomic E-state index is -4.03. The number of amides is 1. The first-order chi connectivity index (χ1) is 18.3. The van der Waals surface area contributed by atoms with E-state index in [1.165, 1.54) is 30.7 Å². The lowest BCUT2D eigenvalue weighted by molar-refractivity contribution is 0.0934. The minimum Gasteiger partial charge on any atom is -0.493 e. The molecule has 1 heterocycles. The molecule has 0 bridgehead atoms. The second-order valence-electron chi connectivity index (χ2n) is 8.82. The lowest BCUT2D eigenvalue weighted by atomic mass is 9.94. The maximum absolute atomic E-state index is 13.9. The van der Waals surface area contributed by atoms with Crippen LogP contribution in [-0.4, -0.2) is 56.9 Å². The van der Waals surface area contributed by atoms with Crippen LogP contribution >= 0.6 is 0 Å². The molecule has 0 aliphatic carbocycles. The second kappa shape index (κ2) is 11.7. The molecule has 0 spiro atoms. The van der Waals surface area contributed by atoms with Crippen molar-refractivity contribution in [2.45, 2.75) is 37.1 Å². The fourth-order valence-electron chi connectivity index (χ4n) is 4.50. The summed E-state index contributed by atoms with van der Waals surface area (Å²) in [5, 5.41) is 0. The summed E-state index contributed by atoms with van der Waals surface area (Å²) in [6.45, 7) is 2.14. The number of rotatable bonds is 9. The summed E-state index contributed by atoms with van der Waals surface area (Å²) in [7, 11) is -1.08. The third kappa shape index (κ3) is 5.25. The summed E-state index contributed by atoms with van der Waals surface area (Å²) < 4.78 is 39.4. The van der Waals surface area contributed by atoms with Gasteiger partial charge in [0.2, 0.25) is 10.0 Å². The molecule has 0 radical (unpaired) electrons. The number of sulfonamides is 1. The number of ether oxygens (including phenoxy) is 2. The van der Waals surface area contributed by atoms with Crippen molar-refractivity contribution in [1.82, 2.24) is 4.31 Å². The zero-order chi connectivity index (χ0) is 27.3. The molecule has 0 saturated carbocycles. The lowest BCUT2D eigenvalue weighted by Gasteiger charge is -2.36.